The minimum absolute atomic E-state index is 0.0152. The van der Waals surface area contributed by atoms with Gasteiger partial charge in [-0.1, -0.05) is 18.2 Å². The molecule has 2 rings (SSSR count). The van der Waals surface area contributed by atoms with Crippen LogP contribution in [0.25, 0.3) is 0 Å². The van der Waals surface area contributed by atoms with Crippen LogP contribution in [0.1, 0.15) is 12.8 Å². The molecule has 5 nitrogen and oxygen atoms in total. The summed E-state index contributed by atoms with van der Waals surface area (Å²) in [6.07, 6.45) is 1.72. The third kappa shape index (κ3) is 4.72. The van der Waals surface area contributed by atoms with Crippen LogP contribution in [-0.2, 0) is 9.53 Å². The van der Waals surface area contributed by atoms with Gasteiger partial charge in [0.2, 0.25) is 5.91 Å². The molecule has 0 aromatic heterocycles. The number of carbonyl (C=O) groups excluding carboxylic acids is 1. The Balaban J connectivity index is 1.74. The first-order valence-corrected chi connectivity index (χ1v) is 7.44. The summed E-state index contributed by atoms with van der Waals surface area (Å²) in [4.78, 5) is 13.9. The Morgan fingerprint density at radius 2 is 2.05 bits per heavy atom. The minimum Gasteiger partial charge on any atom is -0.492 e. The Hall–Kier alpha value is -1.59. The summed E-state index contributed by atoms with van der Waals surface area (Å²) < 4.78 is 10.9. The fourth-order valence-electron chi connectivity index (χ4n) is 2.46. The van der Waals surface area contributed by atoms with Crippen LogP contribution in [0.2, 0.25) is 0 Å². The third-order valence-corrected chi connectivity index (χ3v) is 3.87. The number of likely N-dealkylation sites (N-methyl/N-ethyl adjacent to an activating group) is 1. The monoisotopic (exact) mass is 292 g/mol. The highest BCUT2D eigenvalue weighted by atomic mass is 16.5. The number of nitrogens with two attached hydrogens (primary N) is 1. The van der Waals surface area contributed by atoms with E-state index in [0.29, 0.717) is 26.4 Å². The number of rotatable bonds is 6. The molecule has 1 fully saturated rings. The van der Waals surface area contributed by atoms with Crippen LogP contribution in [0.3, 0.4) is 0 Å². The summed E-state index contributed by atoms with van der Waals surface area (Å²) in [7, 11) is 1.77. The third-order valence-electron chi connectivity index (χ3n) is 3.87. The van der Waals surface area contributed by atoms with Gasteiger partial charge in [0.05, 0.1) is 12.6 Å². The van der Waals surface area contributed by atoms with Crippen molar-refractivity contribution in [3.63, 3.8) is 0 Å². The maximum absolute atomic E-state index is 12.3. The zero-order valence-corrected chi connectivity index (χ0v) is 12.5. The maximum Gasteiger partial charge on any atom is 0.239 e. The van der Waals surface area contributed by atoms with Crippen LogP contribution in [0.4, 0.5) is 0 Å². The van der Waals surface area contributed by atoms with E-state index in [9.17, 15) is 4.79 Å². The van der Waals surface area contributed by atoms with Crippen LogP contribution in [-0.4, -0.2) is 50.3 Å². The molecule has 1 aromatic rings. The van der Waals surface area contributed by atoms with Gasteiger partial charge in [0.1, 0.15) is 12.4 Å². The van der Waals surface area contributed by atoms with Gasteiger partial charge in [-0.05, 0) is 30.9 Å². The quantitative estimate of drug-likeness (QED) is 0.858. The van der Waals surface area contributed by atoms with Crippen molar-refractivity contribution in [3.05, 3.63) is 30.3 Å². The van der Waals surface area contributed by atoms with Gasteiger partial charge >= 0.3 is 0 Å². The van der Waals surface area contributed by atoms with Crippen LogP contribution in [0, 0.1) is 5.92 Å². The first-order valence-electron chi connectivity index (χ1n) is 7.44. The van der Waals surface area contributed by atoms with Crippen molar-refractivity contribution in [2.24, 2.45) is 11.7 Å². The number of hydrogen-bond acceptors (Lipinski definition) is 4. The molecule has 0 aliphatic carbocycles. The Kier molecular flexibility index (Phi) is 6.02. The van der Waals surface area contributed by atoms with Gasteiger partial charge < -0.3 is 20.1 Å². The Labute approximate surface area is 126 Å². The average Bonchev–Trinajstić information content (AvgIpc) is 2.55. The lowest BCUT2D eigenvalue weighted by Crippen LogP contribution is -2.48. The number of para-hydroxylation sites is 1. The van der Waals surface area contributed by atoms with E-state index in [4.69, 9.17) is 15.2 Å². The van der Waals surface area contributed by atoms with Gasteiger partial charge in [0.25, 0.3) is 0 Å². The molecular formula is C16H24N2O3. The zero-order valence-electron chi connectivity index (χ0n) is 12.5. The van der Waals surface area contributed by atoms with Crippen molar-refractivity contribution >= 4 is 5.91 Å². The van der Waals surface area contributed by atoms with Crippen LogP contribution in [0.5, 0.6) is 5.75 Å². The van der Waals surface area contributed by atoms with Crippen LogP contribution in [0.15, 0.2) is 30.3 Å². The molecule has 0 radical (unpaired) electrons. The number of hydrogen-bond donors (Lipinski definition) is 1. The standard InChI is InChI=1S/C16H24N2O3/c1-18(9-12-21-14-5-3-2-4-6-14)16(19)15(17)13-7-10-20-11-8-13/h2-6,13,15H,7-12,17H2,1H3. The predicted molar refractivity (Wildman–Crippen MR) is 81.1 cm³/mol. The number of amides is 1. The molecule has 1 aliphatic heterocycles. The molecule has 1 aromatic carbocycles. The smallest absolute Gasteiger partial charge is 0.239 e. The summed E-state index contributed by atoms with van der Waals surface area (Å²) in [6, 6.07) is 9.15. The molecular weight excluding hydrogens is 268 g/mol. The van der Waals surface area contributed by atoms with Crippen molar-refractivity contribution in [1.82, 2.24) is 4.90 Å². The largest absolute Gasteiger partial charge is 0.492 e. The highest BCUT2D eigenvalue weighted by Crippen LogP contribution is 2.18. The second-order valence-corrected chi connectivity index (χ2v) is 5.40. The lowest BCUT2D eigenvalue weighted by molar-refractivity contribution is -0.133. The normalized spacial score (nSPS) is 17.2. The van der Waals surface area contributed by atoms with Gasteiger partial charge in [-0.2, -0.15) is 0 Å². The number of ether oxygens (including phenoxy) is 2. The van der Waals surface area contributed by atoms with E-state index in [1.807, 2.05) is 30.3 Å². The zero-order chi connectivity index (χ0) is 15.1. The lowest BCUT2D eigenvalue weighted by Gasteiger charge is -2.29. The molecule has 0 bridgehead atoms. The Morgan fingerprint density at radius 1 is 1.38 bits per heavy atom. The van der Waals surface area contributed by atoms with E-state index in [0.717, 1.165) is 18.6 Å². The molecule has 1 aliphatic rings. The summed E-state index contributed by atoms with van der Waals surface area (Å²) in [5.74, 6) is 1.02. The molecule has 0 spiro atoms. The summed E-state index contributed by atoms with van der Waals surface area (Å²) in [5.41, 5.74) is 6.09. The second kappa shape index (κ2) is 8.00. The highest BCUT2D eigenvalue weighted by Gasteiger charge is 2.28. The van der Waals surface area contributed by atoms with Gasteiger partial charge in [0, 0.05) is 20.3 Å². The van der Waals surface area contributed by atoms with Gasteiger partial charge in [-0.15, -0.1) is 0 Å². The highest BCUT2D eigenvalue weighted by molar-refractivity contribution is 5.81. The Bertz CT molecular complexity index is 432. The molecule has 0 saturated carbocycles. The van der Waals surface area contributed by atoms with Crippen molar-refractivity contribution in [2.75, 3.05) is 33.4 Å². The van der Waals surface area contributed by atoms with E-state index in [2.05, 4.69) is 0 Å². The summed E-state index contributed by atoms with van der Waals surface area (Å²) in [5, 5.41) is 0. The van der Waals surface area contributed by atoms with E-state index in [1.54, 1.807) is 11.9 Å². The molecule has 1 atom stereocenters. The van der Waals surface area contributed by atoms with E-state index >= 15 is 0 Å². The Morgan fingerprint density at radius 3 is 2.71 bits per heavy atom. The van der Waals surface area contributed by atoms with Gasteiger partial charge in [-0.3, -0.25) is 4.79 Å². The van der Waals surface area contributed by atoms with E-state index in [-0.39, 0.29) is 11.8 Å². The van der Waals surface area contributed by atoms with Crippen LogP contribution < -0.4 is 10.5 Å². The van der Waals surface area contributed by atoms with Crippen molar-refractivity contribution < 1.29 is 14.3 Å². The first-order chi connectivity index (χ1) is 10.2. The van der Waals surface area contributed by atoms with E-state index in [1.165, 1.54) is 0 Å². The minimum atomic E-state index is -0.435. The number of nitrogens with zero attached hydrogens (tertiary/aromatic N) is 1. The lowest BCUT2D eigenvalue weighted by atomic mass is 9.91. The molecule has 2 N–H and O–H groups in total. The molecule has 1 amide bonds. The number of carbonyl (C=O) groups is 1. The molecule has 1 unspecified atom stereocenters. The SMILES string of the molecule is CN(CCOc1ccccc1)C(=O)C(N)C1CCOCC1. The summed E-state index contributed by atoms with van der Waals surface area (Å²) >= 11 is 0. The van der Waals surface area contributed by atoms with Crippen molar-refractivity contribution in [3.8, 4) is 5.75 Å². The molecule has 1 saturated heterocycles. The van der Waals surface area contributed by atoms with Gasteiger partial charge in [0.15, 0.2) is 0 Å². The molecule has 116 valence electrons. The molecule has 21 heavy (non-hydrogen) atoms. The second-order valence-electron chi connectivity index (χ2n) is 5.40. The summed E-state index contributed by atoms with van der Waals surface area (Å²) in [6.45, 7) is 2.40. The molecule has 1 heterocycles. The average molecular weight is 292 g/mol. The van der Waals surface area contributed by atoms with Crippen LogP contribution >= 0.6 is 0 Å². The fraction of sp³-hybridized carbons (Fsp3) is 0.562. The molecule has 5 heteroatoms. The first kappa shape index (κ1) is 15.8. The maximum atomic E-state index is 12.3. The topological polar surface area (TPSA) is 64.8 Å². The van der Waals surface area contributed by atoms with Gasteiger partial charge in [-0.25, -0.2) is 0 Å². The van der Waals surface area contributed by atoms with Crippen molar-refractivity contribution in [1.29, 1.82) is 0 Å². The predicted octanol–water partition coefficient (Wildman–Crippen LogP) is 1.28. The fourth-order valence-corrected chi connectivity index (χ4v) is 2.46. The van der Waals surface area contributed by atoms with Crippen molar-refractivity contribution in [2.45, 2.75) is 18.9 Å². The number of benzene rings is 1. The van der Waals surface area contributed by atoms with E-state index < -0.39 is 6.04 Å².